The molecule has 0 bridgehead atoms. The number of aliphatic carboxylic acids is 1. The van der Waals surface area contributed by atoms with Crippen molar-refractivity contribution in [2.45, 2.75) is 18.3 Å². The summed E-state index contributed by atoms with van der Waals surface area (Å²) in [5, 5.41) is 18.3. The number of carboxylic acid groups (broad SMARTS) is 1. The predicted molar refractivity (Wildman–Crippen MR) is 51.1 cm³/mol. The zero-order chi connectivity index (χ0) is 11.1. The second kappa shape index (κ2) is 3.31. The topological polar surface area (TPSA) is 57.5 Å². The van der Waals surface area contributed by atoms with E-state index in [9.17, 15) is 14.3 Å². The molecule has 0 saturated heterocycles. The van der Waals surface area contributed by atoms with E-state index in [1.54, 1.807) is 12.1 Å². The molecule has 1 aliphatic carbocycles. The van der Waals surface area contributed by atoms with Crippen LogP contribution in [0, 0.1) is 5.82 Å². The zero-order valence-corrected chi connectivity index (χ0v) is 8.03. The van der Waals surface area contributed by atoms with E-state index < -0.39 is 23.8 Å². The summed E-state index contributed by atoms with van der Waals surface area (Å²) in [5.41, 5.74) is -0.604. The monoisotopic (exact) mass is 210 g/mol. The summed E-state index contributed by atoms with van der Waals surface area (Å²) >= 11 is 0. The highest BCUT2D eigenvalue weighted by Gasteiger charge is 2.47. The van der Waals surface area contributed by atoms with Crippen LogP contribution in [0.15, 0.2) is 18.2 Å². The van der Waals surface area contributed by atoms with Crippen molar-refractivity contribution in [3.05, 3.63) is 35.1 Å². The Kier molecular flexibility index (Phi) is 2.23. The Morgan fingerprint density at radius 1 is 1.53 bits per heavy atom. The van der Waals surface area contributed by atoms with Gasteiger partial charge in [-0.05, 0) is 24.5 Å². The summed E-state index contributed by atoms with van der Waals surface area (Å²) < 4.78 is 13.6. The molecule has 0 spiro atoms. The fraction of sp³-hybridized carbons (Fsp3) is 0.364. The summed E-state index contributed by atoms with van der Waals surface area (Å²) in [6.45, 7) is -0.559. The van der Waals surface area contributed by atoms with E-state index in [1.165, 1.54) is 6.07 Å². The Morgan fingerprint density at radius 3 is 2.87 bits per heavy atom. The van der Waals surface area contributed by atoms with E-state index in [2.05, 4.69) is 0 Å². The summed E-state index contributed by atoms with van der Waals surface area (Å²) in [6.07, 6.45) is 0.759. The summed E-state index contributed by atoms with van der Waals surface area (Å²) in [7, 11) is 0. The molecular weight excluding hydrogens is 199 g/mol. The van der Waals surface area contributed by atoms with Crippen molar-refractivity contribution in [2.24, 2.45) is 0 Å². The Bertz CT molecular complexity index is 416. The summed E-state index contributed by atoms with van der Waals surface area (Å²) in [4.78, 5) is 11.1. The number of carbonyl (C=O) groups is 1. The van der Waals surface area contributed by atoms with Crippen LogP contribution in [-0.2, 0) is 16.6 Å². The molecule has 2 N–H and O–H groups in total. The number of aliphatic hydroxyl groups excluding tert-OH is 1. The third kappa shape index (κ3) is 1.25. The highest BCUT2D eigenvalue weighted by Crippen LogP contribution is 2.40. The number of aryl methyl sites for hydroxylation is 1. The van der Waals surface area contributed by atoms with Crippen molar-refractivity contribution >= 4 is 5.97 Å². The van der Waals surface area contributed by atoms with Gasteiger partial charge in [0.15, 0.2) is 0 Å². The zero-order valence-electron chi connectivity index (χ0n) is 8.03. The minimum Gasteiger partial charge on any atom is -0.481 e. The van der Waals surface area contributed by atoms with Crippen LogP contribution in [-0.4, -0.2) is 22.8 Å². The average molecular weight is 210 g/mol. The molecule has 1 aromatic rings. The van der Waals surface area contributed by atoms with Crippen molar-refractivity contribution < 1.29 is 19.4 Å². The van der Waals surface area contributed by atoms with Crippen LogP contribution in [0.3, 0.4) is 0 Å². The van der Waals surface area contributed by atoms with Gasteiger partial charge >= 0.3 is 5.97 Å². The molecule has 3 nitrogen and oxygen atoms in total. The van der Waals surface area contributed by atoms with Crippen molar-refractivity contribution in [3.63, 3.8) is 0 Å². The van der Waals surface area contributed by atoms with E-state index in [0.29, 0.717) is 12.0 Å². The molecule has 0 aliphatic heterocycles. The second-order valence-corrected chi connectivity index (χ2v) is 3.82. The maximum atomic E-state index is 13.6. The lowest BCUT2D eigenvalue weighted by molar-refractivity contribution is -0.145. The number of benzene rings is 1. The van der Waals surface area contributed by atoms with Gasteiger partial charge in [-0.3, -0.25) is 4.79 Å². The first kappa shape index (κ1) is 10.1. The highest BCUT2D eigenvalue weighted by atomic mass is 19.1. The molecule has 15 heavy (non-hydrogen) atoms. The Labute approximate surface area is 86.2 Å². The smallest absolute Gasteiger partial charge is 0.316 e. The minimum absolute atomic E-state index is 0.153. The molecule has 4 heteroatoms. The van der Waals surface area contributed by atoms with Gasteiger partial charge in [-0.25, -0.2) is 4.39 Å². The molecule has 1 aliphatic rings. The SMILES string of the molecule is O=C(O)C1(CO)CCc2cccc(F)c21. The molecule has 0 aromatic heterocycles. The fourth-order valence-corrected chi connectivity index (χ4v) is 2.23. The minimum atomic E-state index is -1.44. The summed E-state index contributed by atoms with van der Waals surface area (Å²) in [6, 6.07) is 4.50. The van der Waals surface area contributed by atoms with Crippen LogP contribution in [0.4, 0.5) is 4.39 Å². The normalized spacial score (nSPS) is 23.9. The number of hydrogen-bond acceptors (Lipinski definition) is 2. The number of rotatable bonds is 2. The van der Waals surface area contributed by atoms with E-state index in [4.69, 9.17) is 5.11 Å². The van der Waals surface area contributed by atoms with Gasteiger partial charge in [-0.2, -0.15) is 0 Å². The van der Waals surface area contributed by atoms with E-state index >= 15 is 0 Å². The van der Waals surface area contributed by atoms with Gasteiger partial charge in [0.1, 0.15) is 11.2 Å². The molecule has 0 saturated carbocycles. The molecule has 0 fully saturated rings. The highest BCUT2D eigenvalue weighted by molar-refractivity contribution is 5.83. The van der Waals surface area contributed by atoms with Gasteiger partial charge < -0.3 is 10.2 Å². The third-order valence-corrected chi connectivity index (χ3v) is 3.08. The van der Waals surface area contributed by atoms with Crippen molar-refractivity contribution in [1.29, 1.82) is 0 Å². The Balaban J connectivity index is 2.64. The molecular formula is C11H11FO3. The van der Waals surface area contributed by atoms with Crippen LogP contribution < -0.4 is 0 Å². The molecule has 1 aromatic carbocycles. The van der Waals surface area contributed by atoms with Crippen molar-refractivity contribution in [2.75, 3.05) is 6.61 Å². The maximum Gasteiger partial charge on any atom is 0.316 e. The second-order valence-electron chi connectivity index (χ2n) is 3.82. The number of carboxylic acids is 1. The number of fused-ring (bicyclic) bond motifs is 1. The van der Waals surface area contributed by atoms with Crippen molar-refractivity contribution in [1.82, 2.24) is 0 Å². The molecule has 0 amide bonds. The van der Waals surface area contributed by atoms with E-state index in [-0.39, 0.29) is 12.0 Å². The lowest BCUT2D eigenvalue weighted by atomic mass is 9.82. The van der Waals surface area contributed by atoms with Crippen molar-refractivity contribution in [3.8, 4) is 0 Å². The fourth-order valence-electron chi connectivity index (χ4n) is 2.23. The van der Waals surface area contributed by atoms with Gasteiger partial charge in [0, 0.05) is 5.56 Å². The van der Waals surface area contributed by atoms with Crippen LogP contribution in [0.1, 0.15) is 17.5 Å². The predicted octanol–water partition coefficient (Wildman–Crippen LogP) is 1.09. The Morgan fingerprint density at radius 2 is 2.27 bits per heavy atom. The van der Waals surface area contributed by atoms with E-state index in [1.807, 2.05) is 0 Å². The number of hydrogen-bond donors (Lipinski definition) is 2. The molecule has 80 valence electrons. The third-order valence-electron chi connectivity index (χ3n) is 3.08. The summed E-state index contributed by atoms with van der Waals surface area (Å²) in [5.74, 6) is -1.70. The largest absolute Gasteiger partial charge is 0.481 e. The molecule has 1 unspecified atom stereocenters. The maximum absolute atomic E-state index is 13.6. The number of aliphatic hydroxyl groups is 1. The quantitative estimate of drug-likeness (QED) is 0.768. The molecule has 1 atom stereocenters. The van der Waals surface area contributed by atoms with Gasteiger partial charge in [0.05, 0.1) is 6.61 Å². The standard InChI is InChI=1S/C11H11FO3/c12-8-3-1-2-7-4-5-11(6-13,9(7)8)10(14)15/h1-3,13H,4-6H2,(H,14,15). The van der Waals surface area contributed by atoms with Crippen LogP contribution in [0.25, 0.3) is 0 Å². The van der Waals surface area contributed by atoms with Gasteiger partial charge in [0.2, 0.25) is 0 Å². The van der Waals surface area contributed by atoms with Crippen LogP contribution >= 0.6 is 0 Å². The molecule has 0 heterocycles. The Hall–Kier alpha value is -1.42. The molecule has 2 rings (SSSR count). The average Bonchev–Trinajstić information content (AvgIpc) is 2.59. The van der Waals surface area contributed by atoms with Gasteiger partial charge in [-0.15, -0.1) is 0 Å². The molecule has 0 radical (unpaired) electrons. The first-order valence-corrected chi connectivity index (χ1v) is 4.74. The lowest BCUT2D eigenvalue weighted by Crippen LogP contribution is -2.38. The first-order valence-electron chi connectivity index (χ1n) is 4.74. The van der Waals surface area contributed by atoms with Crippen LogP contribution in [0.2, 0.25) is 0 Å². The number of halogens is 1. The lowest BCUT2D eigenvalue weighted by Gasteiger charge is -2.22. The van der Waals surface area contributed by atoms with Gasteiger partial charge in [-0.1, -0.05) is 12.1 Å². The first-order chi connectivity index (χ1) is 7.12. The van der Waals surface area contributed by atoms with E-state index in [0.717, 1.165) is 0 Å². The van der Waals surface area contributed by atoms with Crippen LogP contribution in [0.5, 0.6) is 0 Å². The van der Waals surface area contributed by atoms with Gasteiger partial charge in [0.25, 0.3) is 0 Å².